The highest BCUT2D eigenvalue weighted by Crippen LogP contribution is 2.38. The van der Waals surface area contributed by atoms with Crippen LogP contribution in [0, 0.1) is 0 Å². The van der Waals surface area contributed by atoms with Crippen LogP contribution in [0.15, 0.2) is 21.5 Å². The van der Waals surface area contributed by atoms with Crippen LogP contribution in [0.2, 0.25) is 0 Å². The first kappa shape index (κ1) is 17.0. The zero-order valence-electron chi connectivity index (χ0n) is 15.4. The SMILES string of the molecule is CC(C)(C)c1coc([C@H]2CCCN2C(=O)c2cc(=O)[nH]c(C3CC3)n2)n1. The quantitative estimate of drug-likeness (QED) is 0.913. The van der Waals surface area contributed by atoms with Gasteiger partial charge < -0.3 is 14.3 Å². The molecule has 7 heteroatoms. The molecular formula is C19H24N4O3. The van der Waals surface area contributed by atoms with E-state index in [0.29, 0.717) is 18.3 Å². The lowest BCUT2D eigenvalue weighted by Gasteiger charge is -2.22. The van der Waals surface area contributed by atoms with Gasteiger partial charge in [0.2, 0.25) is 5.89 Å². The van der Waals surface area contributed by atoms with Gasteiger partial charge in [-0.25, -0.2) is 9.97 Å². The van der Waals surface area contributed by atoms with Crippen molar-refractivity contribution in [3.63, 3.8) is 0 Å². The van der Waals surface area contributed by atoms with Crippen LogP contribution in [0.3, 0.4) is 0 Å². The fraction of sp³-hybridized carbons (Fsp3) is 0.579. The van der Waals surface area contributed by atoms with Gasteiger partial charge in [0.05, 0.1) is 5.69 Å². The van der Waals surface area contributed by atoms with Crippen molar-refractivity contribution in [2.24, 2.45) is 0 Å². The maximum Gasteiger partial charge on any atom is 0.273 e. The number of rotatable bonds is 3. The Morgan fingerprint density at radius 1 is 1.27 bits per heavy atom. The minimum absolute atomic E-state index is 0.108. The summed E-state index contributed by atoms with van der Waals surface area (Å²) in [5, 5.41) is 0. The Bertz CT molecular complexity index is 889. The van der Waals surface area contributed by atoms with E-state index in [2.05, 4.69) is 35.7 Å². The highest BCUT2D eigenvalue weighted by Gasteiger charge is 2.36. The molecule has 0 radical (unpaired) electrons. The Balaban J connectivity index is 1.61. The van der Waals surface area contributed by atoms with Crippen molar-refractivity contribution in [1.29, 1.82) is 0 Å². The third-order valence-electron chi connectivity index (χ3n) is 5.03. The van der Waals surface area contributed by atoms with Crippen LogP contribution in [0.4, 0.5) is 0 Å². The zero-order chi connectivity index (χ0) is 18.5. The first-order valence-electron chi connectivity index (χ1n) is 9.21. The fourth-order valence-electron chi connectivity index (χ4n) is 3.33. The molecule has 138 valence electrons. The molecule has 2 aromatic rings. The Hall–Kier alpha value is -2.44. The Kier molecular flexibility index (Phi) is 3.97. The molecule has 1 saturated heterocycles. The number of carbonyl (C=O) groups excluding carboxylic acids is 1. The van der Waals surface area contributed by atoms with Crippen LogP contribution in [-0.2, 0) is 5.41 Å². The number of oxazole rings is 1. The number of hydrogen-bond acceptors (Lipinski definition) is 5. The minimum Gasteiger partial charge on any atom is -0.446 e. The molecule has 0 spiro atoms. The van der Waals surface area contributed by atoms with Gasteiger partial charge in [0.15, 0.2) is 0 Å². The summed E-state index contributed by atoms with van der Waals surface area (Å²) in [6.07, 6.45) is 5.38. The van der Waals surface area contributed by atoms with E-state index >= 15 is 0 Å². The van der Waals surface area contributed by atoms with Crippen LogP contribution in [-0.4, -0.2) is 32.3 Å². The molecule has 4 rings (SSSR count). The normalized spacial score (nSPS) is 20.6. The summed E-state index contributed by atoms with van der Waals surface area (Å²) in [5.74, 6) is 1.25. The van der Waals surface area contributed by atoms with E-state index in [0.717, 1.165) is 31.4 Å². The summed E-state index contributed by atoms with van der Waals surface area (Å²) in [7, 11) is 0. The van der Waals surface area contributed by atoms with Gasteiger partial charge in [0.25, 0.3) is 11.5 Å². The predicted molar refractivity (Wildman–Crippen MR) is 95.0 cm³/mol. The molecule has 2 aromatic heterocycles. The summed E-state index contributed by atoms with van der Waals surface area (Å²) in [4.78, 5) is 38.5. The van der Waals surface area contributed by atoms with E-state index in [4.69, 9.17) is 4.42 Å². The molecule has 0 bridgehead atoms. The lowest BCUT2D eigenvalue weighted by Crippen LogP contribution is -2.32. The molecule has 1 amide bonds. The smallest absolute Gasteiger partial charge is 0.273 e. The summed E-state index contributed by atoms with van der Waals surface area (Å²) in [5.41, 5.74) is 0.706. The number of hydrogen-bond donors (Lipinski definition) is 1. The number of nitrogens with one attached hydrogen (secondary N) is 1. The van der Waals surface area contributed by atoms with E-state index in [-0.39, 0.29) is 34.5 Å². The number of aromatic amines is 1. The summed E-state index contributed by atoms with van der Waals surface area (Å²) < 4.78 is 5.69. The molecule has 7 nitrogen and oxygen atoms in total. The zero-order valence-corrected chi connectivity index (χ0v) is 15.4. The molecule has 0 aromatic carbocycles. The van der Waals surface area contributed by atoms with E-state index in [1.165, 1.54) is 6.07 Å². The van der Waals surface area contributed by atoms with Gasteiger partial charge in [0, 0.05) is 23.9 Å². The number of likely N-dealkylation sites (tertiary alicyclic amines) is 1. The van der Waals surface area contributed by atoms with E-state index in [1.807, 2.05) is 0 Å². The van der Waals surface area contributed by atoms with Crippen molar-refractivity contribution in [3.05, 3.63) is 45.8 Å². The molecule has 1 atom stereocenters. The number of carbonyl (C=O) groups is 1. The van der Waals surface area contributed by atoms with Crippen LogP contribution in [0.5, 0.6) is 0 Å². The second-order valence-electron chi connectivity index (χ2n) is 8.27. The molecule has 1 N–H and O–H groups in total. The van der Waals surface area contributed by atoms with Crippen molar-refractivity contribution in [3.8, 4) is 0 Å². The van der Waals surface area contributed by atoms with E-state index in [1.54, 1.807) is 11.2 Å². The standard InChI is InChI=1S/C19H24N4O3/c1-19(2,3)14-10-26-17(21-14)13-5-4-8-23(13)18(25)12-9-15(24)22-16(20-12)11-6-7-11/h9-11,13H,4-8H2,1-3H3,(H,20,22,24)/t13-/m1/s1. The number of aromatic nitrogens is 3. The van der Waals surface area contributed by atoms with Crippen molar-refractivity contribution < 1.29 is 9.21 Å². The fourth-order valence-corrected chi connectivity index (χ4v) is 3.33. The second-order valence-corrected chi connectivity index (χ2v) is 8.27. The first-order chi connectivity index (χ1) is 12.3. The van der Waals surface area contributed by atoms with Crippen LogP contribution < -0.4 is 5.56 Å². The minimum atomic E-state index is -0.271. The van der Waals surface area contributed by atoms with Crippen molar-refractivity contribution in [2.45, 2.75) is 63.8 Å². The molecular weight excluding hydrogens is 332 g/mol. The van der Waals surface area contributed by atoms with Gasteiger partial charge in [-0.3, -0.25) is 9.59 Å². The van der Waals surface area contributed by atoms with Gasteiger partial charge >= 0.3 is 0 Å². The Morgan fingerprint density at radius 3 is 2.69 bits per heavy atom. The lowest BCUT2D eigenvalue weighted by atomic mass is 9.93. The monoisotopic (exact) mass is 356 g/mol. The average Bonchev–Trinajstić information content (AvgIpc) is 3.10. The molecule has 1 saturated carbocycles. The summed E-state index contributed by atoms with van der Waals surface area (Å²) in [6.45, 7) is 6.84. The third-order valence-corrected chi connectivity index (χ3v) is 5.03. The number of H-pyrrole nitrogens is 1. The van der Waals surface area contributed by atoms with Gasteiger partial charge in [0.1, 0.15) is 23.8 Å². The largest absolute Gasteiger partial charge is 0.446 e. The predicted octanol–water partition coefficient (Wildman–Crippen LogP) is 2.91. The summed E-state index contributed by atoms with van der Waals surface area (Å²) in [6, 6.07) is 1.09. The lowest BCUT2D eigenvalue weighted by molar-refractivity contribution is 0.0709. The molecule has 1 aliphatic carbocycles. The molecule has 2 aliphatic rings. The molecule has 3 heterocycles. The van der Waals surface area contributed by atoms with Gasteiger partial charge in [-0.15, -0.1) is 0 Å². The summed E-state index contributed by atoms with van der Waals surface area (Å²) >= 11 is 0. The molecule has 26 heavy (non-hydrogen) atoms. The second kappa shape index (κ2) is 6.07. The third kappa shape index (κ3) is 3.18. The Labute approximate surface area is 151 Å². The van der Waals surface area contributed by atoms with Crippen molar-refractivity contribution in [1.82, 2.24) is 19.9 Å². The number of nitrogens with zero attached hydrogens (tertiary/aromatic N) is 3. The average molecular weight is 356 g/mol. The van der Waals surface area contributed by atoms with E-state index < -0.39 is 0 Å². The maximum atomic E-state index is 13.0. The van der Waals surface area contributed by atoms with Crippen molar-refractivity contribution >= 4 is 5.91 Å². The van der Waals surface area contributed by atoms with Crippen LogP contribution in [0.25, 0.3) is 0 Å². The topological polar surface area (TPSA) is 92.1 Å². The van der Waals surface area contributed by atoms with Crippen molar-refractivity contribution in [2.75, 3.05) is 6.54 Å². The number of amides is 1. The van der Waals surface area contributed by atoms with Gasteiger partial charge in [-0.2, -0.15) is 0 Å². The van der Waals surface area contributed by atoms with Gasteiger partial charge in [-0.1, -0.05) is 20.8 Å². The Morgan fingerprint density at radius 2 is 2.04 bits per heavy atom. The first-order valence-corrected chi connectivity index (χ1v) is 9.21. The molecule has 0 unspecified atom stereocenters. The van der Waals surface area contributed by atoms with E-state index in [9.17, 15) is 9.59 Å². The maximum absolute atomic E-state index is 13.0. The molecule has 2 fully saturated rings. The van der Waals surface area contributed by atoms with Crippen LogP contribution in [0.1, 0.15) is 86.3 Å². The highest BCUT2D eigenvalue weighted by molar-refractivity contribution is 5.92. The molecule has 1 aliphatic heterocycles. The van der Waals surface area contributed by atoms with Crippen LogP contribution >= 0.6 is 0 Å². The van der Waals surface area contributed by atoms with Gasteiger partial charge in [-0.05, 0) is 25.7 Å². The highest BCUT2D eigenvalue weighted by atomic mass is 16.3.